The van der Waals surface area contributed by atoms with Gasteiger partial charge >= 0.3 is 0 Å². The second kappa shape index (κ2) is 7.96. The largest absolute Gasteiger partial charge is 1.00 e. The van der Waals surface area contributed by atoms with Crippen LogP contribution < -0.4 is 17.4 Å². The van der Waals surface area contributed by atoms with Crippen LogP contribution in [0, 0.1) is 10.1 Å². The molecule has 0 unspecified atom stereocenters. The first-order valence-electron chi connectivity index (χ1n) is 6.56. The van der Waals surface area contributed by atoms with Gasteiger partial charge in [-0.3, -0.25) is 10.1 Å². The number of rotatable bonds is 3. The summed E-state index contributed by atoms with van der Waals surface area (Å²) in [7, 11) is 0. The average Bonchev–Trinajstić information content (AvgIpc) is 2.48. The van der Waals surface area contributed by atoms with Crippen LogP contribution in [0.4, 0.5) is 11.4 Å². The summed E-state index contributed by atoms with van der Waals surface area (Å²) in [6, 6.07) is 6.38. The number of halogens is 1. The summed E-state index contributed by atoms with van der Waals surface area (Å²) >= 11 is 1.76. The Balaban J connectivity index is 0.00000242. The summed E-state index contributed by atoms with van der Waals surface area (Å²) < 4.78 is 0. The van der Waals surface area contributed by atoms with E-state index in [0.29, 0.717) is 0 Å². The molecule has 2 rings (SSSR count). The van der Waals surface area contributed by atoms with Crippen molar-refractivity contribution in [3.63, 3.8) is 0 Å². The normalized spacial score (nSPS) is 16.7. The van der Waals surface area contributed by atoms with Crippen molar-refractivity contribution >= 4 is 29.4 Å². The van der Waals surface area contributed by atoms with Gasteiger partial charge in [0.2, 0.25) is 5.69 Å². The van der Waals surface area contributed by atoms with Crippen LogP contribution in [-0.4, -0.2) is 11.1 Å². The molecule has 0 spiro atoms. The fraction of sp³-hybridized carbons (Fsp3) is 0.188. The molecule has 1 heterocycles. The number of nitrogens with one attached hydrogen (secondary N) is 1. The molecule has 6 heteroatoms. The third kappa shape index (κ3) is 4.58. The van der Waals surface area contributed by atoms with E-state index in [4.69, 9.17) is 0 Å². The fourth-order valence-electron chi connectivity index (χ4n) is 1.75. The summed E-state index contributed by atoms with van der Waals surface area (Å²) in [5.41, 5.74) is 3.34. The maximum absolute atomic E-state index is 10.6. The summed E-state index contributed by atoms with van der Waals surface area (Å²) in [4.78, 5) is 15.9. The van der Waals surface area contributed by atoms with E-state index in [-0.39, 0.29) is 18.1 Å². The topological polar surface area (TPSA) is 57.1 Å². The molecule has 4 nitrogen and oxygen atoms in total. The van der Waals surface area contributed by atoms with E-state index in [1.807, 2.05) is 13.1 Å². The van der Waals surface area contributed by atoms with Gasteiger partial charge < -0.3 is 12.4 Å². The number of non-ortho nitro benzene ring substituents is 1. The molecule has 0 fully saturated rings. The molecule has 0 aromatic heterocycles. The van der Waals surface area contributed by atoms with Crippen LogP contribution >= 0.6 is 11.8 Å². The Kier molecular flexibility index (Phi) is 6.59. The highest BCUT2D eigenvalue weighted by molar-refractivity contribution is 8.07. The van der Waals surface area contributed by atoms with Crippen LogP contribution in [0.15, 0.2) is 57.4 Å². The van der Waals surface area contributed by atoms with E-state index < -0.39 is 4.92 Å². The Bertz CT molecular complexity index is 689. The van der Waals surface area contributed by atoms with Gasteiger partial charge in [0, 0.05) is 34.7 Å². The van der Waals surface area contributed by atoms with E-state index in [1.165, 1.54) is 27.5 Å². The van der Waals surface area contributed by atoms with E-state index in [0.717, 1.165) is 11.3 Å². The summed E-state index contributed by atoms with van der Waals surface area (Å²) in [5, 5.41) is 10.6. The second-order valence-electron chi connectivity index (χ2n) is 4.81. The van der Waals surface area contributed by atoms with Crippen molar-refractivity contribution in [2.75, 3.05) is 0 Å². The van der Waals surface area contributed by atoms with Crippen molar-refractivity contribution in [1.82, 2.24) is 0 Å². The van der Waals surface area contributed by atoms with Crippen molar-refractivity contribution in [2.24, 2.45) is 0 Å². The number of nitro groups is 1. The summed E-state index contributed by atoms with van der Waals surface area (Å²) in [6.07, 6.45) is 6.14. The lowest BCUT2D eigenvalue weighted by atomic mass is 10.2. The number of thioether (sulfide) groups is 1. The maximum Gasteiger partial charge on any atom is 0.269 e. The quantitative estimate of drug-likeness (QED) is 0.489. The Morgan fingerprint density at radius 2 is 1.86 bits per heavy atom. The molecule has 1 aromatic carbocycles. The standard InChI is InChI=1S/C16H16N2O2S.ClH/c1-11-4-9-16(21-13(11)3)12(2)10-17-14-5-7-15(8-6-14)18(19)20;/h4-10H,1-3H3;1H/b16-12+,17-10?;. The number of hydrogen-bond donors (Lipinski definition) is 1. The SMILES string of the molecule is CC1=C(C)S/C(=C(\C)C=[NH+]c2ccc([N+](=O)[O-])cc2)C=C1.[Cl-]. The lowest BCUT2D eigenvalue weighted by Gasteiger charge is -2.11. The fourth-order valence-corrected chi connectivity index (χ4v) is 2.67. The predicted octanol–water partition coefficient (Wildman–Crippen LogP) is 0.253. The first kappa shape index (κ1) is 18.2. The Morgan fingerprint density at radius 1 is 1.23 bits per heavy atom. The molecule has 116 valence electrons. The van der Waals surface area contributed by atoms with E-state index >= 15 is 0 Å². The summed E-state index contributed by atoms with van der Waals surface area (Å²) in [6.45, 7) is 6.25. The highest BCUT2D eigenvalue weighted by atomic mass is 35.5. The summed E-state index contributed by atoms with van der Waals surface area (Å²) in [5.74, 6) is 0. The zero-order valence-electron chi connectivity index (χ0n) is 12.6. The van der Waals surface area contributed by atoms with E-state index in [2.05, 4.69) is 31.0 Å². The minimum atomic E-state index is -0.401. The zero-order valence-corrected chi connectivity index (χ0v) is 14.2. The van der Waals surface area contributed by atoms with Gasteiger partial charge in [-0.1, -0.05) is 17.8 Å². The molecule has 0 radical (unpaired) electrons. The van der Waals surface area contributed by atoms with Crippen LogP contribution in [0.1, 0.15) is 20.8 Å². The number of nitro benzene ring substituents is 1. The minimum Gasteiger partial charge on any atom is -1.00 e. The third-order valence-electron chi connectivity index (χ3n) is 3.23. The Morgan fingerprint density at radius 3 is 2.41 bits per heavy atom. The van der Waals surface area contributed by atoms with Crippen molar-refractivity contribution in [3.05, 3.63) is 67.5 Å². The average molecular weight is 337 g/mol. The molecule has 22 heavy (non-hydrogen) atoms. The molecular weight excluding hydrogens is 320 g/mol. The molecule has 1 aliphatic heterocycles. The van der Waals surface area contributed by atoms with Crippen LogP contribution in [0.5, 0.6) is 0 Å². The number of benzene rings is 1. The van der Waals surface area contributed by atoms with Crippen molar-refractivity contribution in [2.45, 2.75) is 20.8 Å². The van der Waals surface area contributed by atoms with Crippen molar-refractivity contribution in [1.29, 1.82) is 0 Å². The molecule has 0 bridgehead atoms. The molecule has 1 aromatic rings. The van der Waals surface area contributed by atoms with Crippen LogP contribution in [0.25, 0.3) is 0 Å². The highest BCUT2D eigenvalue weighted by Gasteiger charge is 2.09. The monoisotopic (exact) mass is 336 g/mol. The van der Waals surface area contributed by atoms with Crippen molar-refractivity contribution < 1.29 is 22.3 Å². The van der Waals surface area contributed by atoms with Gasteiger partial charge in [0.25, 0.3) is 5.69 Å². The van der Waals surface area contributed by atoms with Gasteiger partial charge in [0.1, 0.15) is 0 Å². The zero-order chi connectivity index (χ0) is 15.4. The molecular formula is C16H17ClN2O2S. The van der Waals surface area contributed by atoms with Crippen LogP contribution in [0.3, 0.4) is 0 Å². The van der Waals surface area contributed by atoms with Gasteiger partial charge in [-0.2, -0.15) is 0 Å². The predicted molar refractivity (Wildman–Crippen MR) is 87.6 cm³/mol. The van der Waals surface area contributed by atoms with Gasteiger partial charge in [0.15, 0.2) is 6.21 Å². The van der Waals surface area contributed by atoms with Crippen molar-refractivity contribution in [3.8, 4) is 0 Å². The Hall–Kier alpha value is -1.85. The highest BCUT2D eigenvalue weighted by Crippen LogP contribution is 2.34. The molecule has 0 saturated carbocycles. The molecule has 1 aliphatic rings. The molecule has 0 atom stereocenters. The lowest BCUT2D eigenvalue weighted by Crippen LogP contribution is -3.00. The maximum atomic E-state index is 10.6. The van der Waals surface area contributed by atoms with Crippen LogP contribution in [0.2, 0.25) is 0 Å². The van der Waals surface area contributed by atoms with E-state index in [9.17, 15) is 10.1 Å². The minimum absolute atomic E-state index is 0. The van der Waals surface area contributed by atoms with E-state index in [1.54, 1.807) is 23.9 Å². The lowest BCUT2D eigenvalue weighted by molar-refractivity contribution is -0.385. The van der Waals surface area contributed by atoms with Gasteiger partial charge in [0.05, 0.1) is 4.92 Å². The van der Waals surface area contributed by atoms with Gasteiger partial charge in [-0.05, 0) is 37.3 Å². The van der Waals surface area contributed by atoms with Crippen LogP contribution in [-0.2, 0) is 0 Å². The smallest absolute Gasteiger partial charge is 0.269 e. The molecule has 0 amide bonds. The molecule has 1 N–H and O–H groups in total. The second-order valence-corrected chi connectivity index (χ2v) is 6.07. The number of hydrogen-bond acceptors (Lipinski definition) is 3. The molecule has 0 saturated heterocycles. The Labute approximate surface area is 140 Å². The number of nitrogens with zero attached hydrogens (tertiary/aromatic N) is 1. The first-order chi connectivity index (χ1) is 9.97. The first-order valence-corrected chi connectivity index (χ1v) is 7.37. The third-order valence-corrected chi connectivity index (χ3v) is 4.53. The number of allylic oxidation sites excluding steroid dienone is 5. The van der Waals surface area contributed by atoms with Gasteiger partial charge in [-0.25, -0.2) is 4.99 Å². The molecule has 0 aliphatic carbocycles. The van der Waals surface area contributed by atoms with Gasteiger partial charge in [-0.15, -0.1) is 0 Å².